The number of rotatable bonds is 5. The lowest BCUT2D eigenvalue weighted by molar-refractivity contribution is -0.123. The van der Waals surface area contributed by atoms with Crippen LogP contribution in [0.1, 0.15) is 13.8 Å². The fourth-order valence-corrected chi connectivity index (χ4v) is 3.53. The van der Waals surface area contributed by atoms with Crippen molar-refractivity contribution in [3.05, 3.63) is 77.1 Å². The van der Waals surface area contributed by atoms with E-state index in [4.69, 9.17) is 4.74 Å². The molecule has 1 aromatic heterocycles. The fourth-order valence-electron chi connectivity index (χ4n) is 3.53. The molecule has 1 saturated heterocycles. The van der Waals surface area contributed by atoms with Gasteiger partial charge in [0.15, 0.2) is 0 Å². The fraction of sp³-hybridized carbons (Fsp3) is 0.292. The van der Waals surface area contributed by atoms with Crippen LogP contribution in [0, 0.1) is 0 Å². The van der Waals surface area contributed by atoms with Crippen LogP contribution < -0.4 is 15.8 Å². The average molecular weight is 418 g/mol. The van der Waals surface area contributed by atoms with Gasteiger partial charge in [0.25, 0.3) is 11.5 Å². The molecule has 3 aromatic rings. The van der Waals surface area contributed by atoms with Crippen LogP contribution in [0.5, 0.6) is 0 Å². The van der Waals surface area contributed by atoms with Gasteiger partial charge in [-0.2, -0.15) is 5.10 Å². The largest absolute Gasteiger partial charge is 0.378 e. The van der Waals surface area contributed by atoms with Crippen LogP contribution in [-0.2, 0) is 15.1 Å². The summed E-state index contributed by atoms with van der Waals surface area (Å²) in [5, 5.41) is 7.39. The second kappa shape index (κ2) is 8.73. The molecule has 0 bridgehead atoms. The maximum absolute atomic E-state index is 13.1. The molecule has 31 heavy (non-hydrogen) atoms. The highest BCUT2D eigenvalue weighted by Gasteiger charge is 2.32. The van der Waals surface area contributed by atoms with Crippen LogP contribution >= 0.6 is 0 Å². The van der Waals surface area contributed by atoms with E-state index in [0.29, 0.717) is 11.4 Å². The van der Waals surface area contributed by atoms with Gasteiger partial charge in [-0.1, -0.05) is 30.3 Å². The number of morpholine rings is 1. The van der Waals surface area contributed by atoms with Gasteiger partial charge in [-0.25, -0.2) is 4.68 Å². The van der Waals surface area contributed by atoms with E-state index in [1.54, 1.807) is 19.9 Å². The van der Waals surface area contributed by atoms with Crippen LogP contribution in [0.15, 0.2) is 71.5 Å². The summed E-state index contributed by atoms with van der Waals surface area (Å²) in [6.07, 6.45) is 0. The van der Waals surface area contributed by atoms with Gasteiger partial charge in [-0.3, -0.25) is 9.59 Å². The molecule has 1 N–H and O–H groups in total. The quantitative estimate of drug-likeness (QED) is 0.689. The number of carbonyl (C=O) groups is 1. The predicted octanol–water partition coefficient (Wildman–Crippen LogP) is 3.12. The zero-order valence-corrected chi connectivity index (χ0v) is 17.7. The van der Waals surface area contributed by atoms with Crippen molar-refractivity contribution in [2.24, 2.45) is 0 Å². The molecule has 7 heteroatoms. The van der Waals surface area contributed by atoms with Crippen molar-refractivity contribution >= 4 is 17.3 Å². The zero-order chi connectivity index (χ0) is 21.8. The Labute approximate surface area is 181 Å². The van der Waals surface area contributed by atoms with Crippen LogP contribution in [-0.4, -0.2) is 42.0 Å². The summed E-state index contributed by atoms with van der Waals surface area (Å²) in [5.41, 5.74) is 1.77. The smallest absolute Gasteiger partial charge is 0.267 e. The summed E-state index contributed by atoms with van der Waals surface area (Å²) in [6.45, 7) is 6.52. The first-order chi connectivity index (χ1) is 14.9. The number of aromatic nitrogens is 2. The Hall–Kier alpha value is -3.45. The molecule has 1 aliphatic rings. The van der Waals surface area contributed by atoms with Crippen molar-refractivity contribution in [1.82, 2.24) is 9.78 Å². The van der Waals surface area contributed by atoms with Gasteiger partial charge in [-0.15, -0.1) is 0 Å². The number of hydrogen-bond donors (Lipinski definition) is 1. The maximum atomic E-state index is 13.1. The second-order valence-electron chi connectivity index (χ2n) is 7.99. The molecule has 0 atom stereocenters. The summed E-state index contributed by atoms with van der Waals surface area (Å²) in [6, 6.07) is 20.4. The van der Waals surface area contributed by atoms with Gasteiger partial charge in [0, 0.05) is 36.1 Å². The van der Waals surface area contributed by atoms with Crippen LogP contribution in [0.3, 0.4) is 0 Å². The molecule has 1 aliphatic heterocycles. The number of amides is 1. The molecule has 0 radical (unpaired) electrons. The van der Waals surface area contributed by atoms with Crippen LogP contribution in [0.2, 0.25) is 0 Å². The molecule has 0 saturated carbocycles. The molecule has 0 spiro atoms. The van der Waals surface area contributed by atoms with Crippen molar-refractivity contribution in [2.45, 2.75) is 19.4 Å². The third-order valence-corrected chi connectivity index (χ3v) is 5.46. The van der Waals surface area contributed by atoms with Crippen molar-refractivity contribution < 1.29 is 9.53 Å². The summed E-state index contributed by atoms with van der Waals surface area (Å²) in [4.78, 5) is 27.9. The SMILES string of the molecule is CC(C)(C(=O)Nc1ccc(N2CCOCC2)cc1)n1nc(-c2ccccc2)ccc1=O. The molecule has 1 amide bonds. The predicted molar refractivity (Wildman–Crippen MR) is 121 cm³/mol. The standard InChI is InChI=1S/C24H26N4O3/c1-24(2,28-22(29)13-12-21(26-28)18-6-4-3-5-7-18)23(30)25-19-8-10-20(11-9-19)27-14-16-31-17-15-27/h3-13H,14-17H2,1-2H3,(H,25,30). The van der Waals surface area contributed by atoms with Gasteiger partial charge < -0.3 is 15.0 Å². The second-order valence-corrected chi connectivity index (χ2v) is 7.99. The highest BCUT2D eigenvalue weighted by molar-refractivity contribution is 5.96. The molecule has 1 fully saturated rings. The Balaban J connectivity index is 1.53. The van der Waals surface area contributed by atoms with E-state index in [-0.39, 0.29) is 11.5 Å². The van der Waals surface area contributed by atoms with Gasteiger partial charge in [-0.05, 0) is 44.2 Å². The number of benzene rings is 2. The first kappa shape index (κ1) is 20.8. The van der Waals surface area contributed by atoms with E-state index in [2.05, 4.69) is 15.3 Å². The third-order valence-electron chi connectivity index (χ3n) is 5.46. The molecule has 4 rings (SSSR count). The highest BCUT2D eigenvalue weighted by atomic mass is 16.5. The van der Waals surface area contributed by atoms with Crippen LogP contribution in [0.4, 0.5) is 11.4 Å². The monoisotopic (exact) mass is 418 g/mol. The lowest BCUT2D eigenvalue weighted by Gasteiger charge is -2.29. The Morgan fingerprint density at radius 2 is 1.65 bits per heavy atom. The number of carbonyl (C=O) groups excluding carboxylic acids is 1. The molecule has 0 aliphatic carbocycles. The molecule has 160 valence electrons. The number of nitrogens with one attached hydrogen (secondary N) is 1. The average Bonchev–Trinajstić information content (AvgIpc) is 2.81. The topological polar surface area (TPSA) is 76.5 Å². The van der Waals surface area contributed by atoms with E-state index in [0.717, 1.165) is 37.6 Å². The molecule has 2 aromatic carbocycles. The Bertz CT molecular complexity index is 1100. The minimum Gasteiger partial charge on any atom is -0.378 e. The van der Waals surface area contributed by atoms with E-state index >= 15 is 0 Å². The Kier molecular flexibility index (Phi) is 5.86. The third kappa shape index (κ3) is 4.51. The zero-order valence-electron chi connectivity index (χ0n) is 17.7. The summed E-state index contributed by atoms with van der Waals surface area (Å²) < 4.78 is 6.63. The first-order valence-corrected chi connectivity index (χ1v) is 10.4. The number of ether oxygens (including phenoxy) is 1. The van der Waals surface area contributed by atoms with Crippen molar-refractivity contribution in [2.75, 3.05) is 36.5 Å². The van der Waals surface area contributed by atoms with E-state index in [9.17, 15) is 9.59 Å². The number of nitrogens with zero attached hydrogens (tertiary/aromatic N) is 3. The van der Waals surface area contributed by atoms with Crippen molar-refractivity contribution in [1.29, 1.82) is 0 Å². The van der Waals surface area contributed by atoms with Gasteiger partial charge in [0.1, 0.15) is 5.54 Å². The number of anilines is 2. The summed E-state index contributed by atoms with van der Waals surface area (Å²) >= 11 is 0. The normalized spacial score (nSPS) is 14.3. The minimum absolute atomic E-state index is 0.313. The van der Waals surface area contributed by atoms with Crippen LogP contribution in [0.25, 0.3) is 11.3 Å². The van der Waals surface area contributed by atoms with E-state index < -0.39 is 5.54 Å². The van der Waals surface area contributed by atoms with Crippen molar-refractivity contribution in [3.63, 3.8) is 0 Å². The van der Waals surface area contributed by atoms with E-state index in [1.807, 2.05) is 54.6 Å². The molecular formula is C24H26N4O3. The Morgan fingerprint density at radius 3 is 2.32 bits per heavy atom. The lowest BCUT2D eigenvalue weighted by atomic mass is 10.0. The van der Waals surface area contributed by atoms with Gasteiger partial charge in [0.05, 0.1) is 18.9 Å². The molecule has 0 unspecified atom stereocenters. The van der Waals surface area contributed by atoms with Gasteiger partial charge in [0.2, 0.25) is 0 Å². The lowest BCUT2D eigenvalue weighted by Crippen LogP contribution is -2.47. The molecular weight excluding hydrogens is 392 g/mol. The summed E-state index contributed by atoms with van der Waals surface area (Å²) in [5.74, 6) is -0.313. The number of hydrogen-bond acceptors (Lipinski definition) is 5. The van der Waals surface area contributed by atoms with Crippen molar-refractivity contribution in [3.8, 4) is 11.3 Å². The Morgan fingerprint density at radius 1 is 0.968 bits per heavy atom. The first-order valence-electron chi connectivity index (χ1n) is 10.4. The maximum Gasteiger partial charge on any atom is 0.267 e. The van der Waals surface area contributed by atoms with E-state index in [1.165, 1.54) is 10.7 Å². The summed E-state index contributed by atoms with van der Waals surface area (Å²) in [7, 11) is 0. The minimum atomic E-state index is -1.18. The molecule has 2 heterocycles. The highest BCUT2D eigenvalue weighted by Crippen LogP contribution is 2.22. The van der Waals surface area contributed by atoms with Gasteiger partial charge >= 0.3 is 0 Å². The molecule has 7 nitrogen and oxygen atoms in total.